The van der Waals surface area contributed by atoms with Crippen molar-refractivity contribution in [3.8, 4) is 0 Å². The van der Waals surface area contributed by atoms with Gasteiger partial charge in [0.05, 0.1) is 25.4 Å². The summed E-state index contributed by atoms with van der Waals surface area (Å²) < 4.78 is 11.7. The number of nitrogens with zero attached hydrogens (tertiary/aromatic N) is 3. The summed E-state index contributed by atoms with van der Waals surface area (Å²) in [7, 11) is 2.26. The zero-order valence-corrected chi connectivity index (χ0v) is 55.8. The molecular formula is C64H133N3O6S4. The van der Waals surface area contributed by atoms with Crippen LogP contribution in [-0.2, 0) is 23.9 Å². The van der Waals surface area contributed by atoms with Gasteiger partial charge in [0.2, 0.25) is 0 Å². The second kappa shape index (κ2) is 79.7. The van der Waals surface area contributed by atoms with Crippen molar-refractivity contribution in [1.29, 1.82) is 0 Å². The molecule has 1 N–H and O–H groups in total. The van der Waals surface area contributed by atoms with Gasteiger partial charge >= 0.3 is 5.97 Å². The van der Waals surface area contributed by atoms with E-state index in [2.05, 4.69) is 105 Å². The molecule has 0 fully saturated rings. The molecule has 0 rings (SSSR count). The van der Waals surface area contributed by atoms with Crippen LogP contribution in [-0.4, -0.2) is 123 Å². The van der Waals surface area contributed by atoms with Crippen molar-refractivity contribution in [2.45, 2.75) is 298 Å². The molecule has 0 aromatic heterocycles. The summed E-state index contributed by atoms with van der Waals surface area (Å²) >= 11 is 13.8. The van der Waals surface area contributed by atoms with Crippen LogP contribution < -0.4 is 0 Å². The Bertz CT molecular complexity index is 1090. The Balaban J connectivity index is -0.00000160. The van der Waals surface area contributed by atoms with Crippen LogP contribution in [0.3, 0.4) is 0 Å². The van der Waals surface area contributed by atoms with E-state index in [1.54, 1.807) is 6.26 Å². The van der Waals surface area contributed by atoms with Crippen LogP contribution in [0.2, 0.25) is 0 Å². The monoisotopic (exact) mass is 1170 g/mol. The fourth-order valence-electron chi connectivity index (χ4n) is 9.33. The summed E-state index contributed by atoms with van der Waals surface area (Å²) in [6.07, 6.45) is 52.2. The number of unbranched alkanes of at least 4 members (excludes halogenated alkanes) is 31. The SMILES string of the molecule is C=C(CCN(CCCN(C)CCCN(CCCCCCCCCCCC)CCC(=O)CCCCCCCCCCC)CCC(=O)OCCCCCCCCCC)OCCCCCCCCCC.CCS.CS.O=CO.SS. The first-order valence-electron chi connectivity index (χ1n) is 32.1. The molecular weight excluding hydrogens is 1030 g/mol. The van der Waals surface area contributed by atoms with Crippen LogP contribution in [0.4, 0.5) is 0 Å². The van der Waals surface area contributed by atoms with Gasteiger partial charge in [0.1, 0.15) is 5.78 Å². The first kappa shape index (κ1) is 85.2. The normalized spacial score (nSPS) is 10.7. The number of rotatable bonds is 57. The predicted molar refractivity (Wildman–Crippen MR) is 355 cm³/mol. The van der Waals surface area contributed by atoms with E-state index in [0.29, 0.717) is 25.2 Å². The summed E-state index contributed by atoms with van der Waals surface area (Å²) in [5.74, 6) is 2.21. The number of Topliss-reactive ketones (excluding diaryl/α,β-unsaturated/α-hetero) is 1. The van der Waals surface area contributed by atoms with E-state index in [0.717, 1.165) is 122 Å². The minimum absolute atomic E-state index is 0.0672. The molecule has 9 nitrogen and oxygen atoms in total. The molecule has 0 amide bonds. The van der Waals surface area contributed by atoms with Gasteiger partial charge in [-0.1, -0.05) is 240 Å². The van der Waals surface area contributed by atoms with E-state index in [-0.39, 0.29) is 12.4 Å². The summed E-state index contributed by atoms with van der Waals surface area (Å²) in [4.78, 5) is 41.6. The number of thiol groups is 4. The lowest BCUT2D eigenvalue weighted by Gasteiger charge is -2.25. The van der Waals surface area contributed by atoms with Crippen LogP contribution in [0.5, 0.6) is 0 Å². The quantitative estimate of drug-likeness (QED) is 0.0102. The molecule has 0 aliphatic carbocycles. The molecule has 0 aromatic rings. The maximum absolute atomic E-state index is 13.0. The van der Waals surface area contributed by atoms with Crippen molar-refractivity contribution in [2.75, 3.05) is 84.6 Å². The van der Waals surface area contributed by atoms with Gasteiger partial charge in [-0.3, -0.25) is 14.4 Å². The molecule has 464 valence electrons. The first-order valence-corrected chi connectivity index (χ1v) is 35.3. The molecule has 0 aliphatic rings. The standard InChI is InChI=1S/C60H119N3O4.C2H6S.CH2O2.CH4S.H2S2/c1-7-11-15-19-23-27-29-31-35-39-50-62(54-46-59(64)44-38-34-30-28-24-20-16-12-8-2)51-42-48-61(6)49-43-52-63(53-45-58(5)66-56-40-36-32-25-21-17-13-9-3)55-47-60(65)67-57-41-37-33-26-22-18-14-10-4;1-2-3;2-1-3;2*1-2/h5,7-57H2,1-4,6H3;3H,2H2,1H3;1H,(H,2,3);2H,1H3;1-2H. The number of hydrogen-bond acceptors (Lipinski definition) is 12. The average molecular weight is 1170 g/mol. The van der Waals surface area contributed by atoms with Crippen LogP contribution in [0, 0.1) is 0 Å². The van der Waals surface area contributed by atoms with Gasteiger partial charge in [-0.2, -0.15) is 25.3 Å². The highest BCUT2D eigenvalue weighted by atomic mass is 33.1. The van der Waals surface area contributed by atoms with Gasteiger partial charge in [0.15, 0.2) is 0 Å². The number of hydrogen-bond donors (Lipinski definition) is 5. The molecule has 0 aromatic carbocycles. The van der Waals surface area contributed by atoms with Crippen molar-refractivity contribution in [2.24, 2.45) is 0 Å². The minimum Gasteiger partial charge on any atom is -0.499 e. The lowest BCUT2D eigenvalue weighted by Crippen LogP contribution is -2.33. The van der Waals surface area contributed by atoms with E-state index in [1.807, 2.05) is 6.92 Å². The summed E-state index contributed by atoms with van der Waals surface area (Å²) in [6, 6.07) is 0. The molecule has 0 aliphatic heterocycles. The lowest BCUT2D eigenvalue weighted by molar-refractivity contribution is -0.144. The van der Waals surface area contributed by atoms with E-state index in [1.165, 1.54) is 199 Å². The third-order valence-electron chi connectivity index (χ3n) is 14.0. The average Bonchev–Trinajstić information content (AvgIpc) is 3.43. The molecule has 0 spiro atoms. The number of carbonyl (C=O) groups excluding carboxylic acids is 2. The zero-order chi connectivity index (χ0) is 58.4. The molecule has 0 saturated heterocycles. The third kappa shape index (κ3) is 79.7. The van der Waals surface area contributed by atoms with Crippen molar-refractivity contribution in [3.05, 3.63) is 12.3 Å². The molecule has 0 bridgehead atoms. The van der Waals surface area contributed by atoms with Gasteiger partial charge in [-0.05, 0) is 90.3 Å². The summed E-state index contributed by atoms with van der Waals surface area (Å²) in [5, 5.41) is 6.89. The van der Waals surface area contributed by atoms with Crippen LogP contribution >= 0.6 is 48.6 Å². The number of carboxylic acid groups (broad SMARTS) is 1. The predicted octanol–water partition coefficient (Wildman–Crippen LogP) is 19.2. The highest BCUT2D eigenvalue weighted by Gasteiger charge is 2.13. The van der Waals surface area contributed by atoms with E-state index < -0.39 is 0 Å². The Hall–Kier alpha value is -0.570. The maximum atomic E-state index is 13.0. The first-order chi connectivity index (χ1) is 37.7. The zero-order valence-electron chi connectivity index (χ0n) is 52.2. The second-order valence-corrected chi connectivity index (χ2v) is 21.9. The Morgan fingerprint density at radius 2 is 0.701 bits per heavy atom. The number of carbonyl (C=O) groups is 3. The topological polar surface area (TPSA) is 99.6 Å². The molecule has 0 atom stereocenters. The third-order valence-corrected chi connectivity index (χ3v) is 14.0. The highest BCUT2D eigenvalue weighted by molar-refractivity contribution is 8.59. The fourth-order valence-corrected chi connectivity index (χ4v) is 9.33. The van der Waals surface area contributed by atoms with Gasteiger partial charge in [-0.25, -0.2) is 0 Å². The molecule has 77 heavy (non-hydrogen) atoms. The molecule has 0 heterocycles. The largest absolute Gasteiger partial charge is 0.499 e. The highest BCUT2D eigenvalue weighted by Crippen LogP contribution is 2.15. The van der Waals surface area contributed by atoms with Gasteiger partial charge in [0.25, 0.3) is 6.47 Å². The van der Waals surface area contributed by atoms with Gasteiger partial charge in [-0.15, -0.1) is 23.3 Å². The van der Waals surface area contributed by atoms with Crippen LogP contribution in [0.25, 0.3) is 0 Å². The molecule has 0 radical (unpaired) electrons. The van der Waals surface area contributed by atoms with E-state index in [9.17, 15) is 9.59 Å². The molecule has 0 saturated carbocycles. The Morgan fingerprint density at radius 3 is 1.09 bits per heavy atom. The Morgan fingerprint density at radius 1 is 0.416 bits per heavy atom. The summed E-state index contributed by atoms with van der Waals surface area (Å²) in [6.45, 7) is 24.2. The lowest BCUT2D eigenvalue weighted by atomic mass is 10.0. The maximum Gasteiger partial charge on any atom is 0.307 e. The smallest absolute Gasteiger partial charge is 0.307 e. The van der Waals surface area contributed by atoms with Crippen LogP contribution in [0.15, 0.2) is 12.3 Å². The summed E-state index contributed by atoms with van der Waals surface area (Å²) in [5.41, 5.74) is 0. The van der Waals surface area contributed by atoms with E-state index >= 15 is 0 Å². The fraction of sp³-hybridized carbons (Fsp3) is 0.922. The molecule has 13 heteroatoms. The van der Waals surface area contributed by atoms with Crippen molar-refractivity contribution < 1.29 is 29.0 Å². The number of ketones is 1. The number of esters is 1. The van der Waals surface area contributed by atoms with Gasteiger partial charge < -0.3 is 29.3 Å². The Kier molecular flexibility index (Phi) is 88.2. The number of ether oxygens (including phenoxy) is 2. The van der Waals surface area contributed by atoms with Crippen molar-refractivity contribution in [1.82, 2.24) is 14.7 Å². The Labute approximate surface area is 502 Å². The van der Waals surface area contributed by atoms with E-state index in [4.69, 9.17) is 19.4 Å². The van der Waals surface area contributed by atoms with Gasteiger partial charge in [0, 0.05) is 38.9 Å². The molecule has 0 unspecified atom stereocenters. The second-order valence-electron chi connectivity index (χ2n) is 21.2. The van der Waals surface area contributed by atoms with Crippen molar-refractivity contribution >= 4 is 66.8 Å². The van der Waals surface area contributed by atoms with Crippen LogP contribution in [0.1, 0.15) is 298 Å². The van der Waals surface area contributed by atoms with Crippen molar-refractivity contribution in [3.63, 3.8) is 0 Å². The minimum atomic E-state index is -0.250.